The molecule has 51 heavy (non-hydrogen) atoms. The Morgan fingerprint density at radius 1 is 0.412 bits per heavy atom. The van der Waals surface area contributed by atoms with Crippen LogP contribution in [0.25, 0.3) is 0 Å². The van der Waals surface area contributed by atoms with E-state index in [1.807, 2.05) is 0 Å². The van der Waals surface area contributed by atoms with Gasteiger partial charge in [-0.3, -0.25) is 0 Å². The molecule has 0 saturated heterocycles. The topological polar surface area (TPSA) is 6.48 Å². The van der Waals surface area contributed by atoms with Crippen LogP contribution < -0.4 is 0 Å². The van der Waals surface area contributed by atoms with Crippen LogP contribution in [0.15, 0.2) is 73.1 Å². The average Bonchev–Trinajstić information content (AvgIpc) is 3.49. The molecule has 0 aliphatic carbocycles. The largest absolute Gasteiger partial charge is 0.353 e. The second-order valence-corrected chi connectivity index (χ2v) is 16.1. The fourth-order valence-electron chi connectivity index (χ4n) is 8.86. The Balaban J connectivity index is 1.50. The van der Waals surface area contributed by atoms with E-state index in [4.69, 9.17) is 0 Å². The van der Waals surface area contributed by atoms with Crippen LogP contribution >= 0.6 is 0 Å². The maximum absolute atomic E-state index is 2.79. The zero-order chi connectivity index (χ0) is 36.1. The van der Waals surface area contributed by atoms with Crippen molar-refractivity contribution in [3.63, 3.8) is 0 Å². The van der Waals surface area contributed by atoms with Crippen LogP contribution in [0, 0.1) is 0 Å². The van der Waals surface area contributed by atoms with Gasteiger partial charge < -0.3 is 9.80 Å². The van der Waals surface area contributed by atoms with E-state index in [0.29, 0.717) is 5.92 Å². The lowest BCUT2D eigenvalue weighted by Gasteiger charge is -2.51. The summed E-state index contributed by atoms with van der Waals surface area (Å²) >= 11 is 0. The van der Waals surface area contributed by atoms with E-state index in [1.165, 1.54) is 178 Å². The van der Waals surface area contributed by atoms with Crippen LogP contribution in [-0.2, 0) is 6.42 Å². The smallest absolute Gasteiger partial charge is 0.123 e. The van der Waals surface area contributed by atoms with Crippen LogP contribution in [0.2, 0.25) is 0 Å². The van der Waals surface area contributed by atoms with Crippen molar-refractivity contribution >= 4 is 0 Å². The summed E-state index contributed by atoms with van der Waals surface area (Å²) in [5.41, 5.74) is 2.89. The van der Waals surface area contributed by atoms with Gasteiger partial charge in [-0.05, 0) is 30.4 Å². The second-order valence-electron chi connectivity index (χ2n) is 16.1. The highest BCUT2D eigenvalue weighted by molar-refractivity contribution is 5.30. The fraction of sp³-hybridized carbons (Fsp3) is 0.714. The monoisotopic (exact) mass is 699 g/mol. The van der Waals surface area contributed by atoms with Crippen LogP contribution in [0.1, 0.15) is 211 Å². The molecule has 0 radical (unpaired) electrons. The molecule has 3 rings (SSSR count). The van der Waals surface area contributed by atoms with Crippen LogP contribution in [0.3, 0.4) is 0 Å². The first kappa shape index (κ1) is 43.2. The minimum atomic E-state index is -0.0628. The number of rotatable bonds is 33. The first-order valence-corrected chi connectivity index (χ1v) is 22.6. The molecule has 0 N–H and O–H groups in total. The molecule has 288 valence electrons. The Morgan fingerprint density at radius 3 is 1.10 bits per heavy atom. The van der Waals surface area contributed by atoms with Gasteiger partial charge in [-0.1, -0.05) is 236 Å². The van der Waals surface area contributed by atoms with Gasteiger partial charge in [-0.2, -0.15) is 0 Å². The molecule has 2 atom stereocenters. The van der Waals surface area contributed by atoms with Gasteiger partial charge in [0, 0.05) is 37.8 Å². The molecular weight excluding hydrogens is 617 g/mol. The maximum atomic E-state index is 2.79. The zero-order valence-electron chi connectivity index (χ0n) is 34.1. The van der Waals surface area contributed by atoms with E-state index < -0.39 is 0 Å². The van der Waals surface area contributed by atoms with Gasteiger partial charge in [-0.25, -0.2) is 0 Å². The summed E-state index contributed by atoms with van der Waals surface area (Å²) in [4.78, 5) is 5.58. The lowest BCUT2D eigenvalue weighted by Crippen LogP contribution is -2.59. The summed E-state index contributed by atoms with van der Waals surface area (Å²) in [6, 6.07) is 22.8. The van der Waals surface area contributed by atoms with Gasteiger partial charge in [-0.15, -0.1) is 0 Å². The average molecular weight is 699 g/mol. The van der Waals surface area contributed by atoms with Crippen molar-refractivity contribution < 1.29 is 0 Å². The minimum absolute atomic E-state index is 0.0628. The summed E-state index contributed by atoms with van der Waals surface area (Å²) in [7, 11) is 0. The van der Waals surface area contributed by atoms with Gasteiger partial charge in [0.2, 0.25) is 0 Å². The Hall–Kier alpha value is -2.22. The summed E-state index contributed by atoms with van der Waals surface area (Å²) in [6.07, 6.45) is 43.8. The van der Waals surface area contributed by atoms with E-state index in [2.05, 4.69) is 104 Å². The predicted octanol–water partition coefficient (Wildman–Crippen LogP) is 15.4. The standard InChI is InChI=1S/C49H82N2/c1-4-7-9-11-13-15-16-17-18-19-20-21-22-24-26-28-36-42-51-44-43-50(41-35-27-25-23-14-12-10-8-5-2)49(51,45-46-37-31-29-32-38-46)48(6-3)47-39-33-30-34-40-47/h29-34,37-40,43-44,48H,4-28,35-36,41-42,45H2,1-3H3. The Bertz CT molecular complexity index is 1080. The molecule has 2 aromatic carbocycles. The van der Waals surface area contributed by atoms with E-state index in [-0.39, 0.29) is 5.66 Å². The third kappa shape index (κ3) is 16.6. The van der Waals surface area contributed by atoms with E-state index in [1.54, 1.807) is 0 Å². The first-order valence-electron chi connectivity index (χ1n) is 22.6. The molecule has 0 aromatic heterocycles. The van der Waals surface area contributed by atoms with Crippen LogP contribution in [0.4, 0.5) is 0 Å². The molecule has 0 spiro atoms. The summed E-state index contributed by atoms with van der Waals surface area (Å²) < 4.78 is 0. The molecule has 1 heterocycles. The first-order chi connectivity index (χ1) is 25.3. The normalized spacial score (nSPS) is 16.4. The SMILES string of the molecule is CCCCCCCCCCCCCCCCCCCN1C=CN(CCCCCCCCCCC)C1(Cc1ccccc1)C(CC)c1ccccc1. The molecular formula is C49H82N2. The molecule has 0 amide bonds. The molecule has 0 saturated carbocycles. The maximum Gasteiger partial charge on any atom is 0.123 e. The van der Waals surface area contributed by atoms with Crippen molar-refractivity contribution in [3.8, 4) is 0 Å². The van der Waals surface area contributed by atoms with Crippen molar-refractivity contribution in [1.29, 1.82) is 0 Å². The van der Waals surface area contributed by atoms with Gasteiger partial charge in [0.25, 0.3) is 0 Å². The molecule has 2 nitrogen and oxygen atoms in total. The number of nitrogens with zero attached hydrogens (tertiary/aromatic N) is 2. The molecule has 0 fully saturated rings. The molecule has 1 aliphatic heterocycles. The lowest BCUT2D eigenvalue weighted by atomic mass is 9.78. The van der Waals surface area contributed by atoms with E-state index >= 15 is 0 Å². The lowest BCUT2D eigenvalue weighted by molar-refractivity contribution is -0.00378. The molecule has 1 aliphatic rings. The molecule has 2 heteroatoms. The highest BCUT2D eigenvalue weighted by Crippen LogP contribution is 2.45. The number of hydrogen-bond donors (Lipinski definition) is 0. The van der Waals surface area contributed by atoms with E-state index in [9.17, 15) is 0 Å². The number of unbranched alkanes of at least 4 members (excludes halogenated alkanes) is 24. The van der Waals surface area contributed by atoms with Crippen molar-refractivity contribution in [2.75, 3.05) is 13.1 Å². The van der Waals surface area contributed by atoms with Crippen LogP contribution in [0.5, 0.6) is 0 Å². The van der Waals surface area contributed by atoms with Gasteiger partial charge >= 0.3 is 0 Å². The number of hydrogen-bond acceptors (Lipinski definition) is 2. The quantitative estimate of drug-likeness (QED) is 0.0685. The third-order valence-electron chi connectivity index (χ3n) is 11.9. The highest BCUT2D eigenvalue weighted by atomic mass is 15.4. The summed E-state index contributed by atoms with van der Waals surface area (Å²) in [5.74, 6) is 0.443. The Kier molecular flexibility index (Phi) is 24.0. The van der Waals surface area contributed by atoms with Crippen molar-refractivity contribution in [3.05, 3.63) is 84.2 Å². The molecule has 2 unspecified atom stereocenters. The minimum Gasteiger partial charge on any atom is -0.353 e. The third-order valence-corrected chi connectivity index (χ3v) is 11.9. The number of benzene rings is 2. The molecule has 2 aromatic rings. The highest BCUT2D eigenvalue weighted by Gasteiger charge is 2.49. The molecule has 0 bridgehead atoms. The van der Waals surface area contributed by atoms with Crippen LogP contribution in [-0.4, -0.2) is 28.6 Å². The predicted molar refractivity (Wildman–Crippen MR) is 226 cm³/mol. The Morgan fingerprint density at radius 2 is 0.745 bits per heavy atom. The van der Waals surface area contributed by atoms with E-state index in [0.717, 1.165) is 25.9 Å². The van der Waals surface area contributed by atoms with Gasteiger partial charge in [0.15, 0.2) is 0 Å². The Labute approximate surface area is 318 Å². The van der Waals surface area contributed by atoms with Crippen molar-refractivity contribution in [2.24, 2.45) is 0 Å². The van der Waals surface area contributed by atoms with Gasteiger partial charge in [0.05, 0.1) is 0 Å². The van der Waals surface area contributed by atoms with Gasteiger partial charge in [0.1, 0.15) is 5.66 Å². The van der Waals surface area contributed by atoms with Crippen molar-refractivity contribution in [2.45, 2.75) is 212 Å². The van der Waals surface area contributed by atoms with Crippen molar-refractivity contribution in [1.82, 2.24) is 9.80 Å². The summed E-state index contributed by atoms with van der Waals surface area (Å²) in [6.45, 7) is 9.35. The fourth-order valence-corrected chi connectivity index (χ4v) is 8.86. The second kappa shape index (κ2) is 28.3. The zero-order valence-corrected chi connectivity index (χ0v) is 34.1. The summed E-state index contributed by atoms with van der Waals surface area (Å²) in [5, 5.41) is 0.